The molecule has 0 aromatic heterocycles. The summed E-state index contributed by atoms with van der Waals surface area (Å²) < 4.78 is 0. The normalized spacial score (nSPS) is 39.1. The minimum atomic E-state index is 0.508. The maximum absolute atomic E-state index is 2.50. The standard InChI is InChI=1S/C16H31B/c1-5-15-10-8-6-7-9-11-16(17-15,13-12-15)14(2,3)4/h17H,5-13H2,1-4H3. The first-order valence-corrected chi connectivity index (χ1v) is 7.93. The Bertz CT molecular complexity index is 261. The highest BCUT2D eigenvalue weighted by atomic mass is 14.5. The van der Waals surface area contributed by atoms with Crippen LogP contribution in [0.5, 0.6) is 0 Å². The molecule has 2 heterocycles. The highest BCUT2D eigenvalue weighted by Gasteiger charge is 2.52. The summed E-state index contributed by atoms with van der Waals surface area (Å²) in [5.41, 5.74) is 0.508. The van der Waals surface area contributed by atoms with Crippen molar-refractivity contribution in [3.63, 3.8) is 0 Å². The van der Waals surface area contributed by atoms with Crippen molar-refractivity contribution in [3.8, 4) is 0 Å². The zero-order valence-electron chi connectivity index (χ0n) is 12.6. The van der Waals surface area contributed by atoms with Crippen molar-refractivity contribution in [3.05, 3.63) is 0 Å². The van der Waals surface area contributed by atoms with Crippen molar-refractivity contribution in [2.45, 2.75) is 96.1 Å². The molecular formula is C16H31B. The van der Waals surface area contributed by atoms with Crippen molar-refractivity contribution in [2.75, 3.05) is 0 Å². The molecule has 0 aromatic carbocycles. The van der Waals surface area contributed by atoms with Gasteiger partial charge in [-0.15, -0.1) is 0 Å². The Labute approximate surface area is 109 Å². The highest BCUT2D eigenvalue weighted by molar-refractivity contribution is 6.46. The average Bonchev–Trinajstić information content (AvgIpc) is 2.68. The Hall–Kier alpha value is 0.0649. The number of fused-ring (bicyclic) bond motifs is 2. The largest absolute Gasteiger partial charge is 0.136 e. The molecule has 2 rings (SSSR count). The van der Waals surface area contributed by atoms with Gasteiger partial charge in [0, 0.05) is 0 Å². The molecule has 0 aliphatic carbocycles. The summed E-state index contributed by atoms with van der Waals surface area (Å²) in [6, 6.07) is 0. The lowest BCUT2D eigenvalue weighted by atomic mass is 9.36. The van der Waals surface area contributed by atoms with E-state index in [1.807, 2.05) is 0 Å². The Morgan fingerprint density at radius 1 is 0.882 bits per heavy atom. The van der Waals surface area contributed by atoms with Crippen LogP contribution in [0.4, 0.5) is 0 Å². The van der Waals surface area contributed by atoms with E-state index < -0.39 is 0 Å². The molecule has 0 N–H and O–H groups in total. The number of hydrogen-bond acceptors (Lipinski definition) is 0. The van der Waals surface area contributed by atoms with Crippen LogP contribution in [0, 0.1) is 5.41 Å². The minimum absolute atomic E-state index is 0.508. The Kier molecular flexibility index (Phi) is 3.67. The van der Waals surface area contributed by atoms with Crippen LogP contribution in [-0.4, -0.2) is 7.28 Å². The van der Waals surface area contributed by atoms with E-state index in [0.29, 0.717) is 10.7 Å². The van der Waals surface area contributed by atoms with Crippen LogP contribution < -0.4 is 0 Å². The lowest BCUT2D eigenvalue weighted by Crippen LogP contribution is -2.33. The molecule has 0 saturated carbocycles. The fraction of sp³-hybridized carbons (Fsp3) is 1.00. The van der Waals surface area contributed by atoms with E-state index in [2.05, 4.69) is 27.7 Å². The van der Waals surface area contributed by atoms with Gasteiger partial charge in [-0.1, -0.05) is 90.8 Å². The molecule has 0 aromatic rings. The average molecular weight is 234 g/mol. The number of hydrogen-bond donors (Lipinski definition) is 0. The van der Waals surface area contributed by atoms with E-state index in [1.165, 1.54) is 65.1 Å². The van der Waals surface area contributed by atoms with Crippen molar-refractivity contribution in [2.24, 2.45) is 5.41 Å². The molecule has 17 heavy (non-hydrogen) atoms. The van der Waals surface area contributed by atoms with Crippen LogP contribution in [0.25, 0.3) is 0 Å². The van der Waals surface area contributed by atoms with E-state index in [9.17, 15) is 0 Å². The van der Waals surface area contributed by atoms with Gasteiger partial charge in [-0.05, 0) is 10.7 Å². The summed E-state index contributed by atoms with van der Waals surface area (Å²) in [6.07, 6.45) is 13.4. The molecule has 0 amide bonds. The zero-order valence-corrected chi connectivity index (χ0v) is 12.6. The van der Waals surface area contributed by atoms with E-state index >= 15 is 0 Å². The van der Waals surface area contributed by atoms with E-state index in [-0.39, 0.29) is 0 Å². The van der Waals surface area contributed by atoms with Gasteiger partial charge in [0.15, 0.2) is 0 Å². The van der Waals surface area contributed by atoms with Gasteiger partial charge >= 0.3 is 0 Å². The molecule has 98 valence electrons. The number of rotatable bonds is 1. The molecule has 0 nitrogen and oxygen atoms in total. The second-order valence-electron chi connectivity index (χ2n) is 7.97. The molecule has 0 radical (unpaired) electrons. The van der Waals surface area contributed by atoms with Crippen molar-refractivity contribution in [1.29, 1.82) is 0 Å². The van der Waals surface area contributed by atoms with E-state index in [0.717, 1.165) is 5.31 Å². The monoisotopic (exact) mass is 234 g/mol. The first-order chi connectivity index (χ1) is 7.93. The van der Waals surface area contributed by atoms with Gasteiger partial charge in [0.1, 0.15) is 7.28 Å². The molecule has 2 saturated heterocycles. The van der Waals surface area contributed by atoms with Crippen LogP contribution in [0.15, 0.2) is 0 Å². The molecule has 2 aliphatic rings. The lowest BCUT2D eigenvalue weighted by Gasteiger charge is -2.43. The zero-order chi connectivity index (χ0) is 12.6. The van der Waals surface area contributed by atoms with Crippen molar-refractivity contribution in [1.82, 2.24) is 0 Å². The molecule has 2 bridgehead atoms. The third-order valence-corrected chi connectivity index (χ3v) is 6.30. The highest BCUT2D eigenvalue weighted by Crippen LogP contribution is 2.66. The maximum Gasteiger partial charge on any atom is 0.136 e. The van der Waals surface area contributed by atoms with Crippen molar-refractivity contribution < 1.29 is 0 Å². The van der Waals surface area contributed by atoms with Gasteiger partial charge in [-0.2, -0.15) is 0 Å². The van der Waals surface area contributed by atoms with Gasteiger partial charge in [0.2, 0.25) is 0 Å². The quantitative estimate of drug-likeness (QED) is 0.537. The predicted molar refractivity (Wildman–Crippen MR) is 79.2 cm³/mol. The SMILES string of the molecule is CCC12BC(C(C)(C)C)(CCCCCC1)CC2. The minimum Gasteiger partial charge on any atom is -0.0655 e. The Balaban J connectivity index is 2.26. The van der Waals surface area contributed by atoms with Crippen molar-refractivity contribution >= 4 is 7.28 Å². The molecule has 2 fully saturated rings. The van der Waals surface area contributed by atoms with E-state index in [4.69, 9.17) is 0 Å². The second-order valence-corrected chi connectivity index (χ2v) is 7.97. The first kappa shape index (κ1) is 13.5. The smallest absolute Gasteiger partial charge is 0.0655 e. The Morgan fingerprint density at radius 2 is 1.53 bits per heavy atom. The topological polar surface area (TPSA) is 0 Å². The summed E-state index contributed by atoms with van der Waals surface area (Å²) >= 11 is 0. The van der Waals surface area contributed by atoms with Gasteiger partial charge in [-0.25, -0.2) is 0 Å². The van der Waals surface area contributed by atoms with Gasteiger partial charge in [0.25, 0.3) is 0 Å². The second kappa shape index (κ2) is 4.63. The fourth-order valence-electron chi connectivity index (χ4n) is 4.64. The molecular weight excluding hydrogens is 203 g/mol. The summed E-state index contributed by atoms with van der Waals surface area (Å²) in [4.78, 5) is 0. The predicted octanol–water partition coefficient (Wildman–Crippen LogP) is 5.34. The summed E-state index contributed by atoms with van der Waals surface area (Å²) in [5, 5.41) is 1.38. The van der Waals surface area contributed by atoms with Crippen LogP contribution in [0.2, 0.25) is 10.6 Å². The van der Waals surface area contributed by atoms with E-state index in [1.54, 1.807) is 0 Å². The maximum atomic E-state index is 2.50. The van der Waals surface area contributed by atoms with Crippen LogP contribution in [0.3, 0.4) is 0 Å². The summed E-state index contributed by atoms with van der Waals surface area (Å²) in [5.74, 6) is 0. The van der Waals surface area contributed by atoms with Gasteiger partial charge in [0.05, 0.1) is 0 Å². The molecule has 2 unspecified atom stereocenters. The van der Waals surface area contributed by atoms with Crippen LogP contribution in [-0.2, 0) is 0 Å². The third kappa shape index (κ3) is 2.44. The third-order valence-electron chi connectivity index (χ3n) is 6.30. The molecule has 2 aliphatic heterocycles. The molecule has 0 spiro atoms. The Morgan fingerprint density at radius 3 is 2.12 bits per heavy atom. The fourth-order valence-corrected chi connectivity index (χ4v) is 4.64. The first-order valence-electron chi connectivity index (χ1n) is 7.93. The van der Waals surface area contributed by atoms with Gasteiger partial charge in [-0.3, -0.25) is 0 Å². The molecule has 1 heteroatoms. The molecule has 2 atom stereocenters. The lowest BCUT2D eigenvalue weighted by molar-refractivity contribution is 0.230. The summed E-state index contributed by atoms with van der Waals surface area (Å²) in [7, 11) is 1.53. The van der Waals surface area contributed by atoms with Crippen LogP contribution >= 0.6 is 0 Å². The summed E-state index contributed by atoms with van der Waals surface area (Å²) in [6.45, 7) is 9.93. The van der Waals surface area contributed by atoms with Gasteiger partial charge < -0.3 is 0 Å². The van der Waals surface area contributed by atoms with Crippen LogP contribution in [0.1, 0.15) is 85.5 Å².